The third-order valence-electron chi connectivity index (χ3n) is 4.93. The van der Waals surface area contributed by atoms with E-state index in [1.165, 1.54) is 17.1 Å². The van der Waals surface area contributed by atoms with E-state index in [2.05, 4.69) is 10.4 Å². The minimum Gasteiger partial charge on any atom is -0.343 e. The van der Waals surface area contributed by atoms with Crippen molar-refractivity contribution in [3.63, 3.8) is 0 Å². The highest BCUT2D eigenvalue weighted by Gasteiger charge is 2.27. The Morgan fingerprint density at radius 3 is 2.46 bits per heavy atom. The van der Waals surface area contributed by atoms with Crippen LogP contribution in [0.25, 0.3) is 5.69 Å². The Kier molecular flexibility index (Phi) is 5.91. The van der Waals surface area contributed by atoms with Gasteiger partial charge in [-0.3, -0.25) is 4.79 Å². The van der Waals surface area contributed by atoms with E-state index in [0.29, 0.717) is 25.2 Å². The lowest BCUT2D eigenvalue weighted by atomic mass is 10.0. The summed E-state index contributed by atoms with van der Waals surface area (Å²) in [6, 6.07) is 2.82. The highest BCUT2D eigenvalue weighted by atomic mass is 19.1. The van der Waals surface area contributed by atoms with Crippen molar-refractivity contribution in [3.05, 3.63) is 42.2 Å². The number of likely N-dealkylation sites (tertiary alicyclic amines) is 1. The Bertz CT molecular complexity index is 842. The molecule has 1 saturated heterocycles. The van der Waals surface area contributed by atoms with Crippen molar-refractivity contribution in [2.75, 3.05) is 25.5 Å². The van der Waals surface area contributed by atoms with E-state index in [1.807, 2.05) is 11.8 Å². The van der Waals surface area contributed by atoms with Gasteiger partial charge in [-0.15, -0.1) is 0 Å². The second-order valence-electron chi connectivity index (χ2n) is 6.81. The number of nitrogens with one attached hydrogen (secondary N) is 1. The maximum atomic E-state index is 13.4. The van der Waals surface area contributed by atoms with Gasteiger partial charge in [0.1, 0.15) is 11.6 Å². The van der Waals surface area contributed by atoms with Gasteiger partial charge in [0.25, 0.3) is 0 Å². The van der Waals surface area contributed by atoms with Crippen molar-refractivity contribution in [3.8, 4) is 5.69 Å². The van der Waals surface area contributed by atoms with Gasteiger partial charge in [0.2, 0.25) is 5.91 Å². The van der Waals surface area contributed by atoms with E-state index in [4.69, 9.17) is 0 Å². The number of halogens is 2. The molecule has 2 heterocycles. The van der Waals surface area contributed by atoms with E-state index < -0.39 is 11.6 Å². The van der Waals surface area contributed by atoms with Crippen molar-refractivity contribution in [1.82, 2.24) is 19.6 Å². The third kappa shape index (κ3) is 4.47. The fourth-order valence-corrected chi connectivity index (χ4v) is 3.30. The number of carbonyl (C=O) groups excluding carboxylic acids is 2. The van der Waals surface area contributed by atoms with Crippen LogP contribution in [-0.4, -0.2) is 57.7 Å². The van der Waals surface area contributed by atoms with Crippen molar-refractivity contribution < 1.29 is 18.4 Å². The molecule has 3 amide bonds. The van der Waals surface area contributed by atoms with Gasteiger partial charge in [-0.05, 0) is 25.0 Å². The van der Waals surface area contributed by atoms with E-state index in [1.54, 1.807) is 11.9 Å². The molecule has 0 unspecified atom stereocenters. The molecule has 3 rings (SSSR count). The summed E-state index contributed by atoms with van der Waals surface area (Å²) in [6.07, 6.45) is 4.83. The fraction of sp³-hybridized carbons (Fsp3) is 0.421. The molecule has 0 spiro atoms. The molecule has 1 aromatic heterocycles. The van der Waals surface area contributed by atoms with E-state index in [9.17, 15) is 18.4 Å². The third-order valence-corrected chi connectivity index (χ3v) is 4.93. The summed E-state index contributed by atoms with van der Waals surface area (Å²) in [5.74, 6) is -1.28. The summed E-state index contributed by atoms with van der Waals surface area (Å²) >= 11 is 0. The van der Waals surface area contributed by atoms with Crippen LogP contribution in [0.5, 0.6) is 0 Å². The second-order valence-corrected chi connectivity index (χ2v) is 6.81. The monoisotopic (exact) mass is 391 g/mol. The maximum absolute atomic E-state index is 13.4. The van der Waals surface area contributed by atoms with Gasteiger partial charge in [-0.2, -0.15) is 5.10 Å². The Hall–Kier alpha value is -2.97. The minimum absolute atomic E-state index is 0.0354. The zero-order valence-corrected chi connectivity index (χ0v) is 15.9. The normalized spacial score (nSPS) is 14.8. The quantitative estimate of drug-likeness (QED) is 0.871. The largest absolute Gasteiger partial charge is 0.343 e. The minimum atomic E-state index is -0.705. The molecule has 0 bridgehead atoms. The zero-order valence-electron chi connectivity index (χ0n) is 15.9. The van der Waals surface area contributed by atoms with Crippen LogP contribution in [0, 0.1) is 11.6 Å². The smallest absolute Gasteiger partial charge is 0.321 e. The summed E-state index contributed by atoms with van der Waals surface area (Å²) in [7, 11) is 1.71. The molecule has 1 aliphatic rings. The molecule has 150 valence electrons. The molecule has 0 atom stereocenters. The van der Waals surface area contributed by atoms with Gasteiger partial charge < -0.3 is 15.1 Å². The number of nitrogens with zero attached hydrogens (tertiary/aromatic N) is 4. The molecule has 7 nitrogen and oxygen atoms in total. The van der Waals surface area contributed by atoms with Crippen molar-refractivity contribution in [2.45, 2.75) is 32.2 Å². The van der Waals surface area contributed by atoms with E-state index in [0.717, 1.165) is 31.0 Å². The highest BCUT2D eigenvalue weighted by Crippen LogP contribution is 2.19. The number of piperidine rings is 1. The van der Waals surface area contributed by atoms with Gasteiger partial charge in [0.05, 0.1) is 23.8 Å². The van der Waals surface area contributed by atoms with E-state index >= 15 is 0 Å². The first-order valence-electron chi connectivity index (χ1n) is 9.20. The maximum Gasteiger partial charge on any atom is 0.321 e. The number of benzene rings is 1. The number of amides is 3. The van der Waals surface area contributed by atoms with Crippen LogP contribution in [0.4, 0.5) is 19.3 Å². The zero-order chi connectivity index (χ0) is 20.3. The predicted molar refractivity (Wildman–Crippen MR) is 100 cm³/mol. The van der Waals surface area contributed by atoms with Crippen LogP contribution >= 0.6 is 0 Å². The average Bonchev–Trinajstić information content (AvgIpc) is 3.14. The summed E-state index contributed by atoms with van der Waals surface area (Å²) in [4.78, 5) is 27.7. The van der Waals surface area contributed by atoms with Crippen LogP contribution < -0.4 is 5.32 Å². The molecule has 1 aliphatic heterocycles. The number of rotatable bonds is 4. The average molecular weight is 391 g/mol. The molecule has 1 aromatic carbocycles. The first kappa shape index (κ1) is 19.8. The Balaban J connectivity index is 1.59. The van der Waals surface area contributed by atoms with Gasteiger partial charge in [0.15, 0.2) is 0 Å². The topological polar surface area (TPSA) is 70.5 Å². The van der Waals surface area contributed by atoms with Gasteiger partial charge >= 0.3 is 6.03 Å². The summed E-state index contributed by atoms with van der Waals surface area (Å²) in [5.41, 5.74) is 0.638. The lowest BCUT2D eigenvalue weighted by Gasteiger charge is -2.36. The standard InChI is InChI=1S/C19H23F2N5O2/c1-3-18(27)25-6-4-16(5-7-25)24(2)19(28)23-15-11-22-26(12-15)17-9-13(20)8-14(21)10-17/h8-12,16H,3-7H2,1-2H3,(H,23,28). The highest BCUT2D eigenvalue weighted by molar-refractivity contribution is 5.89. The molecule has 1 N–H and O–H groups in total. The first-order chi connectivity index (χ1) is 13.4. The van der Waals surface area contributed by atoms with Crippen LogP contribution in [0.1, 0.15) is 26.2 Å². The van der Waals surface area contributed by atoms with Gasteiger partial charge in [-0.25, -0.2) is 18.3 Å². The lowest BCUT2D eigenvalue weighted by Crippen LogP contribution is -2.48. The first-order valence-corrected chi connectivity index (χ1v) is 9.20. The molecule has 0 aliphatic carbocycles. The number of hydrogen-bond donors (Lipinski definition) is 1. The van der Waals surface area contributed by atoms with Crippen molar-refractivity contribution in [2.24, 2.45) is 0 Å². The van der Waals surface area contributed by atoms with Crippen molar-refractivity contribution in [1.29, 1.82) is 0 Å². The van der Waals surface area contributed by atoms with Crippen LogP contribution in [0.15, 0.2) is 30.6 Å². The molecular formula is C19H23F2N5O2. The predicted octanol–water partition coefficient (Wildman–Crippen LogP) is 3.02. The number of carbonyl (C=O) groups is 2. The Morgan fingerprint density at radius 1 is 1.21 bits per heavy atom. The molecule has 0 saturated carbocycles. The fourth-order valence-electron chi connectivity index (χ4n) is 3.30. The molecule has 2 aromatic rings. The Labute approximate surface area is 161 Å². The number of anilines is 1. The van der Waals surface area contributed by atoms with Crippen LogP contribution in [0.2, 0.25) is 0 Å². The van der Waals surface area contributed by atoms with Gasteiger partial charge in [0, 0.05) is 38.7 Å². The SMILES string of the molecule is CCC(=O)N1CCC(N(C)C(=O)Nc2cnn(-c3cc(F)cc(F)c3)c2)CC1. The summed E-state index contributed by atoms with van der Waals surface area (Å²) < 4.78 is 28.0. The lowest BCUT2D eigenvalue weighted by molar-refractivity contribution is -0.132. The van der Waals surface area contributed by atoms with Crippen LogP contribution in [0.3, 0.4) is 0 Å². The molecule has 0 radical (unpaired) electrons. The van der Waals surface area contributed by atoms with E-state index in [-0.39, 0.29) is 23.7 Å². The molecule has 9 heteroatoms. The molecule has 1 fully saturated rings. The summed E-state index contributed by atoms with van der Waals surface area (Å²) in [6.45, 7) is 3.11. The number of aromatic nitrogens is 2. The number of hydrogen-bond acceptors (Lipinski definition) is 3. The molecular weight excluding hydrogens is 368 g/mol. The Morgan fingerprint density at radius 2 is 1.86 bits per heavy atom. The second kappa shape index (κ2) is 8.37. The van der Waals surface area contributed by atoms with Crippen molar-refractivity contribution >= 4 is 17.6 Å². The van der Waals surface area contributed by atoms with Crippen LogP contribution in [-0.2, 0) is 4.79 Å². The van der Waals surface area contributed by atoms with Gasteiger partial charge in [-0.1, -0.05) is 6.92 Å². The molecule has 28 heavy (non-hydrogen) atoms. The number of urea groups is 1. The summed E-state index contributed by atoms with van der Waals surface area (Å²) in [5, 5.41) is 6.78.